The van der Waals surface area contributed by atoms with Crippen molar-refractivity contribution < 1.29 is 23.7 Å². The van der Waals surface area contributed by atoms with Gasteiger partial charge in [0.1, 0.15) is 18.1 Å². The molecule has 1 saturated heterocycles. The van der Waals surface area contributed by atoms with Crippen molar-refractivity contribution in [1.82, 2.24) is 4.90 Å². The molecule has 0 bridgehead atoms. The molecule has 0 radical (unpaired) electrons. The van der Waals surface area contributed by atoms with E-state index in [1.807, 2.05) is 0 Å². The maximum Gasteiger partial charge on any atom is 0.294 e. The molecule has 2 aromatic carbocycles. The summed E-state index contributed by atoms with van der Waals surface area (Å²) in [6.07, 6.45) is 1.41. The number of thioether (sulfide) groups is 1. The molecule has 33 heavy (non-hydrogen) atoms. The fraction of sp³-hybridized carbons (Fsp3) is 0.0870. The molecule has 1 aliphatic rings. The van der Waals surface area contributed by atoms with E-state index in [1.54, 1.807) is 61.5 Å². The van der Waals surface area contributed by atoms with E-state index in [9.17, 15) is 24.5 Å². The van der Waals surface area contributed by atoms with Crippen molar-refractivity contribution in [2.45, 2.75) is 6.92 Å². The number of amides is 3. The molecule has 0 aliphatic carbocycles. The van der Waals surface area contributed by atoms with Crippen LogP contribution in [0.25, 0.3) is 17.4 Å². The van der Waals surface area contributed by atoms with E-state index >= 15 is 0 Å². The number of carbonyl (C=O) groups excluding carboxylic acids is 3. The van der Waals surface area contributed by atoms with Crippen LogP contribution in [0.5, 0.6) is 0 Å². The summed E-state index contributed by atoms with van der Waals surface area (Å²) in [6, 6.07) is 16.7. The maximum absolute atomic E-state index is 12.7. The van der Waals surface area contributed by atoms with Gasteiger partial charge in [-0.05, 0) is 43.0 Å². The molecular weight excluding hydrogens is 446 g/mol. The second-order valence-corrected chi connectivity index (χ2v) is 8.14. The highest BCUT2D eigenvalue weighted by molar-refractivity contribution is 8.18. The van der Waals surface area contributed by atoms with Crippen LogP contribution in [0.4, 0.5) is 16.2 Å². The van der Waals surface area contributed by atoms with Gasteiger partial charge in [-0.1, -0.05) is 30.3 Å². The molecule has 9 nitrogen and oxygen atoms in total. The minimum atomic E-state index is -0.600. The number of rotatable bonds is 6. The molecule has 1 fully saturated rings. The largest absolute Gasteiger partial charge is 0.457 e. The van der Waals surface area contributed by atoms with Gasteiger partial charge in [0, 0.05) is 29.0 Å². The van der Waals surface area contributed by atoms with E-state index in [2.05, 4.69) is 5.32 Å². The van der Waals surface area contributed by atoms with Gasteiger partial charge in [-0.15, -0.1) is 0 Å². The van der Waals surface area contributed by atoms with Crippen LogP contribution in [0.3, 0.4) is 0 Å². The number of benzene rings is 2. The summed E-state index contributed by atoms with van der Waals surface area (Å²) in [5, 5.41) is 13.2. The Hall–Kier alpha value is -4.18. The molecule has 0 unspecified atom stereocenters. The van der Waals surface area contributed by atoms with Gasteiger partial charge in [0.15, 0.2) is 0 Å². The fourth-order valence-corrected chi connectivity index (χ4v) is 3.99. The summed E-state index contributed by atoms with van der Waals surface area (Å²) in [6.45, 7) is 1.24. The van der Waals surface area contributed by atoms with Crippen molar-refractivity contribution in [3.8, 4) is 11.3 Å². The summed E-state index contributed by atoms with van der Waals surface area (Å²) in [7, 11) is 0. The van der Waals surface area contributed by atoms with Crippen LogP contribution in [-0.2, 0) is 9.59 Å². The third-order valence-electron chi connectivity index (χ3n) is 4.82. The maximum atomic E-state index is 12.7. The van der Waals surface area contributed by atoms with Crippen molar-refractivity contribution in [2.75, 3.05) is 11.9 Å². The molecule has 3 amide bonds. The van der Waals surface area contributed by atoms with E-state index < -0.39 is 28.5 Å². The van der Waals surface area contributed by atoms with Gasteiger partial charge in [0.2, 0.25) is 5.91 Å². The molecule has 4 rings (SSSR count). The second-order valence-electron chi connectivity index (χ2n) is 7.14. The summed E-state index contributed by atoms with van der Waals surface area (Å²) in [5.74, 6) is -0.415. The first-order valence-corrected chi connectivity index (χ1v) is 10.6. The first-order valence-electron chi connectivity index (χ1n) is 9.77. The SMILES string of the molecule is Cc1ccc(-c2ccc(/C=C3/SC(=O)N(CC(=O)Nc4ccccc4)C3=O)o2)cc1[N+](=O)[O-]. The zero-order chi connectivity index (χ0) is 23.5. The quantitative estimate of drug-likeness (QED) is 0.315. The lowest BCUT2D eigenvalue weighted by Gasteiger charge is -2.12. The fourth-order valence-electron chi connectivity index (χ4n) is 3.18. The van der Waals surface area contributed by atoms with Gasteiger partial charge < -0.3 is 9.73 Å². The van der Waals surface area contributed by atoms with Crippen LogP contribution < -0.4 is 5.32 Å². The number of nitro benzene ring substituents is 1. The number of hydrogen-bond donors (Lipinski definition) is 1. The van der Waals surface area contributed by atoms with Gasteiger partial charge in [-0.2, -0.15) is 0 Å². The lowest BCUT2D eigenvalue weighted by molar-refractivity contribution is -0.385. The molecule has 10 heteroatoms. The Morgan fingerprint density at radius 3 is 2.64 bits per heavy atom. The Morgan fingerprint density at radius 2 is 1.91 bits per heavy atom. The minimum absolute atomic E-state index is 0.0275. The molecule has 1 aromatic heterocycles. The summed E-state index contributed by atoms with van der Waals surface area (Å²) in [4.78, 5) is 48.9. The zero-order valence-electron chi connectivity index (χ0n) is 17.3. The van der Waals surface area contributed by atoms with Gasteiger partial charge in [0.25, 0.3) is 16.8 Å². The Bertz CT molecular complexity index is 1300. The Balaban J connectivity index is 1.48. The highest BCUT2D eigenvalue weighted by atomic mass is 32.2. The Morgan fingerprint density at radius 1 is 1.15 bits per heavy atom. The second kappa shape index (κ2) is 9.13. The predicted molar refractivity (Wildman–Crippen MR) is 123 cm³/mol. The van der Waals surface area contributed by atoms with Crippen molar-refractivity contribution in [1.29, 1.82) is 0 Å². The van der Waals surface area contributed by atoms with E-state index in [4.69, 9.17) is 4.42 Å². The van der Waals surface area contributed by atoms with Crippen LogP contribution in [0, 0.1) is 17.0 Å². The average Bonchev–Trinajstić information content (AvgIpc) is 3.35. The number of nitro groups is 1. The standard InChI is InChI=1S/C23H17N3O6S/c1-14-7-8-15(11-18(14)26(30)31)19-10-9-17(32-19)12-20-22(28)25(23(29)33-20)13-21(27)24-16-5-3-2-4-6-16/h2-12H,13H2,1H3,(H,24,27)/b20-12+. The number of aryl methyl sites for hydroxylation is 1. The highest BCUT2D eigenvalue weighted by Gasteiger charge is 2.36. The number of para-hydroxylation sites is 1. The zero-order valence-corrected chi connectivity index (χ0v) is 18.1. The van der Waals surface area contributed by atoms with Gasteiger partial charge in [-0.3, -0.25) is 29.4 Å². The average molecular weight is 463 g/mol. The molecule has 1 aliphatic heterocycles. The van der Waals surface area contributed by atoms with Crippen LogP contribution in [-0.4, -0.2) is 33.4 Å². The predicted octanol–water partition coefficient (Wildman–Crippen LogP) is 4.84. The monoisotopic (exact) mass is 463 g/mol. The molecule has 1 N–H and O–H groups in total. The van der Waals surface area contributed by atoms with E-state index in [0.717, 1.165) is 4.90 Å². The summed E-state index contributed by atoms with van der Waals surface area (Å²) in [5.41, 5.74) is 1.57. The highest BCUT2D eigenvalue weighted by Crippen LogP contribution is 2.34. The van der Waals surface area contributed by atoms with Gasteiger partial charge in [0.05, 0.1) is 9.83 Å². The van der Waals surface area contributed by atoms with Gasteiger partial charge in [-0.25, -0.2) is 0 Å². The minimum Gasteiger partial charge on any atom is -0.457 e. The topological polar surface area (TPSA) is 123 Å². The van der Waals surface area contributed by atoms with Crippen molar-refractivity contribution in [3.05, 3.63) is 87.0 Å². The molecular formula is C23H17N3O6S. The summed E-state index contributed by atoms with van der Waals surface area (Å²) < 4.78 is 5.71. The molecule has 0 spiro atoms. The van der Waals surface area contributed by atoms with E-state index in [1.165, 1.54) is 12.1 Å². The van der Waals surface area contributed by atoms with Crippen LogP contribution in [0.1, 0.15) is 11.3 Å². The number of nitrogens with zero attached hydrogens (tertiary/aromatic N) is 2. The first kappa shape index (κ1) is 22.0. The Kier molecular flexibility index (Phi) is 6.09. The number of hydrogen-bond acceptors (Lipinski definition) is 7. The Labute approximate surface area is 192 Å². The first-order chi connectivity index (χ1) is 15.8. The number of imide groups is 1. The molecule has 0 saturated carbocycles. The molecule has 2 heterocycles. The van der Waals surface area contributed by atoms with Crippen LogP contribution in [0.15, 0.2) is 70.0 Å². The van der Waals surface area contributed by atoms with Gasteiger partial charge >= 0.3 is 0 Å². The van der Waals surface area contributed by atoms with E-state index in [0.29, 0.717) is 40.1 Å². The van der Waals surface area contributed by atoms with Crippen LogP contribution >= 0.6 is 11.8 Å². The van der Waals surface area contributed by atoms with E-state index in [-0.39, 0.29) is 10.6 Å². The number of nitrogens with one attached hydrogen (secondary N) is 1. The van der Waals surface area contributed by atoms with Crippen molar-refractivity contribution in [3.63, 3.8) is 0 Å². The third-order valence-corrected chi connectivity index (χ3v) is 5.73. The van der Waals surface area contributed by atoms with Crippen molar-refractivity contribution in [2.24, 2.45) is 0 Å². The number of anilines is 1. The lowest BCUT2D eigenvalue weighted by atomic mass is 10.1. The normalized spacial score (nSPS) is 14.7. The smallest absolute Gasteiger partial charge is 0.294 e. The number of carbonyl (C=O) groups is 3. The summed E-state index contributed by atoms with van der Waals surface area (Å²) >= 11 is 0.708. The molecule has 166 valence electrons. The molecule has 3 aromatic rings. The molecule has 0 atom stereocenters. The third kappa shape index (κ3) is 4.85. The lowest BCUT2D eigenvalue weighted by Crippen LogP contribution is -2.36. The van der Waals surface area contributed by atoms with Crippen molar-refractivity contribution >= 4 is 46.3 Å². The number of furan rings is 1. The van der Waals surface area contributed by atoms with Crippen LogP contribution in [0.2, 0.25) is 0 Å².